The molecule has 0 amide bonds. The fourth-order valence-corrected chi connectivity index (χ4v) is 3.14. The van der Waals surface area contributed by atoms with E-state index >= 15 is 0 Å². The van der Waals surface area contributed by atoms with Crippen molar-refractivity contribution in [1.82, 2.24) is 5.32 Å². The van der Waals surface area contributed by atoms with E-state index in [-0.39, 0.29) is 0 Å². The zero-order valence-corrected chi connectivity index (χ0v) is 14.3. The molecule has 1 aromatic rings. The summed E-state index contributed by atoms with van der Waals surface area (Å²) in [5, 5.41) is 3.20. The minimum Gasteiger partial charge on any atom is -0.384 e. The number of hydrogen-bond acceptors (Lipinski definition) is 4. The number of nitrogens with two attached hydrogens (primary N) is 2. The molecular formula is C19H25N3S. The molecule has 0 fully saturated rings. The number of hydrogen-bond donors (Lipinski definition) is 3. The van der Waals surface area contributed by atoms with Gasteiger partial charge < -0.3 is 16.8 Å². The fraction of sp³-hybridized carbons (Fsp3) is 0.263. The van der Waals surface area contributed by atoms with E-state index < -0.39 is 0 Å². The van der Waals surface area contributed by atoms with Crippen LogP contribution in [-0.2, 0) is 5.75 Å². The van der Waals surface area contributed by atoms with Crippen molar-refractivity contribution < 1.29 is 0 Å². The fourth-order valence-electron chi connectivity index (χ4n) is 2.30. The molecule has 3 nitrogen and oxygen atoms in total. The number of benzene rings is 1. The quantitative estimate of drug-likeness (QED) is 0.652. The maximum absolute atomic E-state index is 5.67. The first kappa shape index (κ1) is 17.6. The van der Waals surface area contributed by atoms with Crippen molar-refractivity contribution >= 4 is 17.5 Å². The van der Waals surface area contributed by atoms with Crippen LogP contribution in [0.2, 0.25) is 0 Å². The van der Waals surface area contributed by atoms with Gasteiger partial charge in [0.2, 0.25) is 0 Å². The molecule has 0 saturated heterocycles. The third-order valence-corrected chi connectivity index (χ3v) is 4.79. The van der Waals surface area contributed by atoms with Crippen molar-refractivity contribution in [3.05, 3.63) is 76.8 Å². The summed E-state index contributed by atoms with van der Waals surface area (Å²) in [6, 6.07) is 8.45. The van der Waals surface area contributed by atoms with Crippen LogP contribution in [0, 0.1) is 0 Å². The molecule has 0 spiro atoms. The molecule has 0 bridgehead atoms. The molecule has 122 valence electrons. The van der Waals surface area contributed by atoms with Gasteiger partial charge in [-0.15, -0.1) is 11.8 Å². The van der Waals surface area contributed by atoms with Crippen molar-refractivity contribution in [2.24, 2.45) is 11.5 Å². The van der Waals surface area contributed by atoms with E-state index in [0.717, 1.165) is 34.9 Å². The highest BCUT2D eigenvalue weighted by atomic mass is 32.2. The molecule has 0 saturated carbocycles. The molecule has 0 radical (unpaired) electrons. The maximum Gasteiger partial charge on any atom is 0.0341 e. The molecular weight excluding hydrogens is 302 g/mol. The Morgan fingerprint density at radius 1 is 1.17 bits per heavy atom. The largest absolute Gasteiger partial charge is 0.384 e. The minimum atomic E-state index is 0.603. The standard InChI is InChI=1S/C19H25N3S/c1-14(22-10-9-20)18-6-3-16(4-7-18)13-23-15(2)19-8-5-17(11-19)12-21/h3-4,6-8,11,22H,1-2,5,9-10,12-13,20-21H2. The molecule has 1 aliphatic rings. The van der Waals surface area contributed by atoms with Crippen LogP contribution in [0.3, 0.4) is 0 Å². The van der Waals surface area contributed by atoms with Crippen molar-refractivity contribution in [3.8, 4) is 0 Å². The summed E-state index contributed by atoms with van der Waals surface area (Å²) >= 11 is 1.76. The first-order valence-corrected chi connectivity index (χ1v) is 8.76. The van der Waals surface area contributed by atoms with E-state index in [1.165, 1.54) is 16.7 Å². The lowest BCUT2D eigenvalue weighted by atomic mass is 10.1. The Labute approximate surface area is 143 Å². The first-order chi connectivity index (χ1) is 11.1. The second-order valence-corrected chi connectivity index (χ2v) is 6.54. The predicted molar refractivity (Wildman–Crippen MR) is 103 cm³/mol. The van der Waals surface area contributed by atoms with Gasteiger partial charge in [-0.2, -0.15) is 0 Å². The van der Waals surface area contributed by atoms with E-state index in [1.54, 1.807) is 11.8 Å². The van der Waals surface area contributed by atoms with Crippen LogP contribution in [0.15, 0.2) is 65.6 Å². The Morgan fingerprint density at radius 3 is 2.52 bits per heavy atom. The van der Waals surface area contributed by atoms with Crippen molar-refractivity contribution in [2.45, 2.75) is 12.2 Å². The van der Waals surface area contributed by atoms with Crippen molar-refractivity contribution in [3.63, 3.8) is 0 Å². The predicted octanol–water partition coefficient (Wildman–Crippen LogP) is 3.17. The van der Waals surface area contributed by atoms with Gasteiger partial charge >= 0.3 is 0 Å². The normalized spacial score (nSPS) is 13.5. The molecule has 5 N–H and O–H groups in total. The van der Waals surface area contributed by atoms with Gasteiger partial charge in [0, 0.05) is 36.0 Å². The van der Waals surface area contributed by atoms with E-state index in [4.69, 9.17) is 11.5 Å². The van der Waals surface area contributed by atoms with E-state index in [0.29, 0.717) is 13.1 Å². The SMILES string of the molecule is C=C(SCc1ccc(C(=C)NCCN)cc1)C1=CCC(CN)=C1. The molecule has 0 unspecified atom stereocenters. The summed E-state index contributed by atoms with van der Waals surface area (Å²) in [4.78, 5) is 1.10. The monoisotopic (exact) mass is 327 g/mol. The zero-order chi connectivity index (χ0) is 16.7. The van der Waals surface area contributed by atoms with E-state index in [1.807, 2.05) is 0 Å². The number of nitrogens with one attached hydrogen (secondary N) is 1. The Bertz CT molecular complexity index is 627. The van der Waals surface area contributed by atoms with Gasteiger partial charge in [0.25, 0.3) is 0 Å². The molecule has 0 heterocycles. The molecule has 1 aromatic carbocycles. The Balaban J connectivity index is 1.86. The highest BCUT2D eigenvalue weighted by Gasteiger charge is 2.09. The Kier molecular flexibility index (Phi) is 6.71. The van der Waals surface area contributed by atoms with Gasteiger partial charge in [-0.1, -0.05) is 55.1 Å². The lowest BCUT2D eigenvalue weighted by Gasteiger charge is -2.10. The summed E-state index contributed by atoms with van der Waals surface area (Å²) < 4.78 is 0. The second-order valence-electron chi connectivity index (χ2n) is 5.47. The van der Waals surface area contributed by atoms with Gasteiger partial charge in [-0.3, -0.25) is 0 Å². The summed E-state index contributed by atoms with van der Waals surface area (Å²) in [7, 11) is 0. The minimum absolute atomic E-state index is 0.603. The summed E-state index contributed by atoms with van der Waals surface area (Å²) in [5.41, 5.74) is 16.9. The summed E-state index contributed by atoms with van der Waals surface area (Å²) in [6.45, 7) is 10.2. The van der Waals surface area contributed by atoms with Crippen LogP contribution >= 0.6 is 11.8 Å². The number of thioether (sulfide) groups is 1. The highest BCUT2D eigenvalue weighted by Crippen LogP contribution is 2.31. The molecule has 1 aliphatic carbocycles. The lowest BCUT2D eigenvalue weighted by Crippen LogP contribution is -2.20. The summed E-state index contributed by atoms with van der Waals surface area (Å²) in [5.74, 6) is 0.908. The maximum atomic E-state index is 5.67. The molecule has 0 atom stereocenters. The zero-order valence-electron chi connectivity index (χ0n) is 13.5. The van der Waals surface area contributed by atoms with Crippen LogP contribution in [-0.4, -0.2) is 19.6 Å². The van der Waals surface area contributed by atoms with Crippen LogP contribution in [0.1, 0.15) is 17.5 Å². The molecule has 23 heavy (non-hydrogen) atoms. The highest BCUT2D eigenvalue weighted by molar-refractivity contribution is 8.02. The Morgan fingerprint density at radius 2 is 1.91 bits per heavy atom. The Hall–Kier alpha value is -1.75. The molecule has 2 rings (SSSR count). The molecule has 0 aromatic heterocycles. The van der Waals surface area contributed by atoms with Crippen LogP contribution in [0.4, 0.5) is 0 Å². The third kappa shape index (κ3) is 5.13. The van der Waals surface area contributed by atoms with E-state index in [9.17, 15) is 0 Å². The molecule has 4 heteroatoms. The van der Waals surface area contributed by atoms with Gasteiger partial charge in [-0.05, 0) is 23.1 Å². The van der Waals surface area contributed by atoms with Crippen LogP contribution in [0.5, 0.6) is 0 Å². The van der Waals surface area contributed by atoms with Gasteiger partial charge in [0.1, 0.15) is 0 Å². The number of rotatable bonds is 9. The van der Waals surface area contributed by atoms with Crippen molar-refractivity contribution in [1.29, 1.82) is 0 Å². The summed E-state index contributed by atoms with van der Waals surface area (Å²) in [6.07, 6.45) is 5.32. The van der Waals surface area contributed by atoms with Crippen LogP contribution in [0.25, 0.3) is 5.70 Å². The van der Waals surface area contributed by atoms with Gasteiger partial charge in [-0.25, -0.2) is 0 Å². The second kappa shape index (κ2) is 8.77. The molecule has 0 aliphatic heterocycles. The topological polar surface area (TPSA) is 64.1 Å². The lowest BCUT2D eigenvalue weighted by molar-refractivity contribution is 0.859. The smallest absolute Gasteiger partial charge is 0.0341 e. The van der Waals surface area contributed by atoms with Gasteiger partial charge in [0.05, 0.1) is 0 Å². The number of allylic oxidation sites excluding steroid dienone is 3. The average Bonchev–Trinajstić information content (AvgIpc) is 3.07. The van der Waals surface area contributed by atoms with Gasteiger partial charge in [0.15, 0.2) is 0 Å². The average molecular weight is 327 g/mol. The van der Waals surface area contributed by atoms with Crippen molar-refractivity contribution in [2.75, 3.05) is 19.6 Å². The first-order valence-electron chi connectivity index (χ1n) is 7.78. The third-order valence-electron chi connectivity index (χ3n) is 3.73. The van der Waals surface area contributed by atoms with E-state index in [2.05, 4.69) is 54.9 Å². The van der Waals surface area contributed by atoms with Crippen LogP contribution < -0.4 is 16.8 Å².